The second-order valence-corrected chi connectivity index (χ2v) is 25.2. The molecule has 0 aliphatic heterocycles. The summed E-state index contributed by atoms with van der Waals surface area (Å²) in [6.07, 6.45) is 33.0. The molecule has 0 aromatic rings. The van der Waals surface area contributed by atoms with Gasteiger partial charge in [-0.25, -0.2) is 9.13 Å². The maximum absolute atomic E-state index is 12.9. The van der Waals surface area contributed by atoms with E-state index in [1.807, 2.05) is 0 Å². The van der Waals surface area contributed by atoms with Gasteiger partial charge in [-0.15, -0.1) is 0 Å². The minimum atomic E-state index is -4.94. The molecule has 19 heteroatoms. The summed E-state index contributed by atoms with van der Waals surface area (Å²) in [7, 11) is -9.86. The molecule has 0 rings (SSSR count). The number of unbranched alkanes of at least 4 members (excludes halogenated alkanes) is 28. The first-order chi connectivity index (χ1) is 37.4. The van der Waals surface area contributed by atoms with Gasteiger partial charge < -0.3 is 33.8 Å². The first-order valence-electron chi connectivity index (χ1n) is 31.0. The smallest absolute Gasteiger partial charge is 0.462 e. The molecular weight excluding hydrogens is 1040 g/mol. The van der Waals surface area contributed by atoms with Crippen LogP contribution in [0.25, 0.3) is 0 Å². The highest BCUT2D eigenvalue weighted by molar-refractivity contribution is 7.47. The Balaban J connectivity index is 5.08. The predicted octanol–water partition coefficient (Wildman–Crippen LogP) is 15.7. The van der Waals surface area contributed by atoms with Crippen LogP contribution in [-0.4, -0.2) is 96.7 Å². The van der Waals surface area contributed by atoms with E-state index in [2.05, 4.69) is 41.5 Å². The van der Waals surface area contributed by atoms with Gasteiger partial charge >= 0.3 is 39.5 Å². The lowest BCUT2D eigenvalue weighted by atomic mass is 10.0. The number of hydrogen-bond donors (Lipinski definition) is 3. The molecule has 462 valence electrons. The molecule has 0 aromatic heterocycles. The number of rotatable bonds is 58. The van der Waals surface area contributed by atoms with Crippen LogP contribution in [0.1, 0.15) is 286 Å². The van der Waals surface area contributed by atoms with Crippen molar-refractivity contribution >= 4 is 39.5 Å². The summed E-state index contributed by atoms with van der Waals surface area (Å²) in [4.78, 5) is 71.4. The SMILES string of the molecule is CCCCCCCC(=O)OC[C@H](COP(=O)(O)OC[C@H](O)COP(=O)(O)OC[C@@H](COC(=O)CCCCCCCCCC(C)C)OC(=O)CCCCCCCCCCCCCCCCCC(C)C)OC(=O)CCCCCCC. The number of phosphoric ester groups is 2. The van der Waals surface area contributed by atoms with Crippen LogP contribution >= 0.6 is 15.6 Å². The van der Waals surface area contributed by atoms with Crippen LogP contribution in [0, 0.1) is 11.8 Å². The van der Waals surface area contributed by atoms with Gasteiger partial charge in [0.2, 0.25) is 0 Å². The molecule has 0 heterocycles. The van der Waals surface area contributed by atoms with E-state index in [-0.39, 0.29) is 25.7 Å². The zero-order valence-corrected chi connectivity index (χ0v) is 51.7. The van der Waals surface area contributed by atoms with Gasteiger partial charge in [0.25, 0.3) is 0 Å². The molecule has 0 aliphatic rings. The van der Waals surface area contributed by atoms with E-state index in [4.69, 9.17) is 37.0 Å². The Hall–Kier alpha value is -1.94. The monoisotopic (exact) mass is 1160 g/mol. The highest BCUT2D eigenvalue weighted by Crippen LogP contribution is 2.45. The topological polar surface area (TPSA) is 237 Å². The fourth-order valence-electron chi connectivity index (χ4n) is 8.65. The van der Waals surface area contributed by atoms with E-state index in [0.29, 0.717) is 31.6 Å². The lowest BCUT2D eigenvalue weighted by Crippen LogP contribution is -2.30. The average molecular weight is 1160 g/mol. The fraction of sp³-hybridized carbons (Fsp3) is 0.932. The van der Waals surface area contributed by atoms with Gasteiger partial charge in [0, 0.05) is 25.7 Å². The van der Waals surface area contributed by atoms with Crippen molar-refractivity contribution in [1.82, 2.24) is 0 Å². The van der Waals surface area contributed by atoms with E-state index in [1.165, 1.54) is 89.9 Å². The molecule has 2 unspecified atom stereocenters. The van der Waals surface area contributed by atoms with E-state index >= 15 is 0 Å². The number of esters is 4. The molecule has 0 spiro atoms. The van der Waals surface area contributed by atoms with Crippen LogP contribution in [0.2, 0.25) is 0 Å². The first kappa shape index (κ1) is 76.1. The molecule has 0 radical (unpaired) electrons. The molecule has 5 atom stereocenters. The fourth-order valence-corrected chi connectivity index (χ4v) is 10.2. The van der Waals surface area contributed by atoms with Crippen LogP contribution in [0.3, 0.4) is 0 Å². The summed E-state index contributed by atoms with van der Waals surface area (Å²) < 4.78 is 67.3. The molecule has 17 nitrogen and oxygen atoms in total. The van der Waals surface area contributed by atoms with Crippen LogP contribution in [0.4, 0.5) is 0 Å². The largest absolute Gasteiger partial charge is 0.472 e. The van der Waals surface area contributed by atoms with E-state index in [0.717, 1.165) is 109 Å². The van der Waals surface area contributed by atoms with Gasteiger partial charge in [0.15, 0.2) is 12.2 Å². The van der Waals surface area contributed by atoms with Crippen molar-refractivity contribution in [2.45, 2.75) is 304 Å². The van der Waals surface area contributed by atoms with Crippen molar-refractivity contribution in [3.05, 3.63) is 0 Å². The number of phosphoric acid groups is 2. The van der Waals surface area contributed by atoms with E-state index in [1.54, 1.807) is 0 Å². The molecule has 78 heavy (non-hydrogen) atoms. The average Bonchev–Trinajstić information content (AvgIpc) is 3.39. The first-order valence-corrected chi connectivity index (χ1v) is 34.0. The van der Waals surface area contributed by atoms with Crippen LogP contribution in [0.5, 0.6) is 0 Å². The summed E-state index contributed by atoms with van der Waals surface area (Å²) in [5.41, 5.74) is 0. The highest BCUT2D eigenvalue weighted by atomic mass is 31.2. The van der Waals surface area contributed by atoms with Gasteiger partial charge in [-0.2, -0.15) is 0 Å². The Kier molecular flexibility index (Phi) is 50.6. The Morgan fingerprint density at radius 1 is 0.346 bits per heavy atom. The number of carbonyl (C=O) groups excluding carboxylic acids is 4. The van der Waals surface area contributed by atoms with Gasteiger partial charge in [-0.1, -0.05) is 234 Å². The van der Waals surface area contributed by atoms with Crippen molar-refractivity contribution in [3.8, 4) is 0 Å². The molecule has 0 saturated carbocycles. The van der Waals surface area contributed by atoms with Crippen molar-refractivity contribution in [3.63, 3.8) is 0 Å². The van der Waals surface area contributed by atoms with Crippen LogP contribution < -0.4 is 0 Å². The quantitative estimate of drug-likeness (QED) is 0.0222. The lowest BCUT2D eigenvalue weighted by molar-refractivity contribution is -0.161. The number of hydrogen-bond acceptors (Lipinski definition) is 15. The number of carbonyl (C=O) groups is 4. The Morgan fingerprint density at radius 3 is 0.872 bits per heavy atom. The summed E-state index contributed by atoms with van der Waals surface area (Å²) in [5, 5.41) is 10.5. The van der Waals surface area contributed by atoms with Crippen molar-refractivity contribution in [2.24, 2.45) is 11.8 Å². The molecule has 3 N–H and O–H groups in total. The molecule has 0 aromatic carbocycles. The zero-order chi connectivity index (χ0) is 58.0. The minimum Gasteiger partial charge on any atom is -0.462 e. The maximum atomic E-state index is 12.9. The van der Waals surface area contributed by atoms with E-state index in [9.17, 15) is 43.2 Å². The summed E-state index contributed by atoms with van der Waals surface area (Å²) >= 11 is 0. The number of aliphatic hydroxyl groups excluding tert-OH is 1. The summed E-state index contributed by atoms with van der Waals surface area (Å²) in [6.45, 7) is 9.24. The summed E-state index contributed by atoms with van der Waals surface area (Å²) in [6, 6.07) is 0. The van der Waals surface area contributed by atoms with Crippen LogP contribution in [-0.2, 0) is 65.4 Å². The van der Waals surface area contributed by atoms with Gasteiger partial charge in [0.1, 0.15) is 19.3 Å². The Bertz CT molecular complexity index is 1550. The molecule has 0 amide bonds. The molecule has 0 bridgehead atoms. The molecule has 0 aliphatic carbocycles. The normalized spacial score (nSPS) is 14.4. The Labute approximate surface area is 473 Å². The zero-order valence-electron chi connectivity index (χ0n) is 50.0. The van der Waals surface area contributed by atoms with Crippen LogP contribution in [0.15, 0.2) is 0 Å². The van der Waals surface area contributed by atoms with Crippen molar-refractivity contribution < 1.29 is 80.2 Å². The Morgan fingerprint density at radius 2 is 0.590 bits per heavy atom. The molecule has 0 fully saturated rings. The number of ether oxygens (including phenoxy) is 4. The summed E-state index contributed by atoms with van der Waals surface area (Å²) in [5.74, 6) is -0.657. The third-order valence-corrected chi connectivity index (χ3v) is 15.4. The van der Waals surface area contributed by atoms with E-state index < -0.39 is 97.5 Å². The number of aliphatic hydroxyl groups is 1. The maximum Gasteiger partial charge on any atom is 0.472 e. The second kappa shape index (κ2) is 51.9. The second-order valence-electron chi connectivity index (χ2n) is 22.3. The third kappa shape index (κ3) is 53.4. The predicted molar refractivity (Wildman–Crippen MR) is 308 cm³/mol. The lowest BCUT2D eigenvalue weighted by Gasteiger charge is -2.21. The minimum absolute atomic E-state index is 0.0984. The van der Waals surface area contributed by atoms with Gasteiger partial charge in [-0.3, -0.25) is 37.3 Å². The molecule has 0 saturated heterocycles. The van der Waals surface area contributed by atoms with Gasteiger partial charge in [0.05, 0.1) is 26.4 Å². The van der Waals surface area contributed by atoms with Crippen molar-refractivity contribution in [1.29, 1.82) is 0 Å². The molecular formula is C59H114O17P2. The van der Waals surface area contributed by atoms with Crippen molar-refractivity contribution in [2.75, 3.05) is 39.6 Å². The standard InChI is InChI=1S/C59H114O17P2/c1-7-9-11-27-35-41-56(61)69-47-54(75-58(63)43-37-28-12-10-8-2)49-73-77(65,66)71-45-53(60)46-72-78(67,68)74-50-55(48-70-57(62)42-36-31-26-22-24-30-34-40-52(5)6)76-59(64)44-38-32-25-21-19-17-15-13-14-16-18-20-23-29-33-39-51(3)4/h51-55,60H,7-50H2,1-6H3,(H,65,66)(H,67,68)/t53-,54+,55+/m0/s1. The van der Waals surface area contributed by atoms with Gasteiger partial charge in [-0.05, 0) is 37.5 Å². The highest BCUT2D eigenvalue weighted by Gasteiger charge is 2.30. The third-order valence-electron chi connectivity index (χ3n) is 13.5.